The Balaban J connectivity index is 3.00. The second-order valence-corrected chi connectivity index (χ2v) is 6.31. The van der Waals surface area contributed by atoms with Gasteiger partial charge in [-0.2, -0.15) is 0 Å². The molecule has 0 saturated heterocycles. The molecule has 0 fully saturated rings. The van der Waals surface area contributed by atoms with Gasteiger partial charge in [0.1, 0.15) is 5.82 Å². The molecule has 0 aliphatic rings. The molecule has 1 aromatic carbocycles. The molecule has 15 heavy (non-hydrogen) atoms. The number of rotatable bonds is 3. The van der Waals surface area contributed by atoms with Crippen molar-refractivity contribution in [3.8, 4) is 0 Å². The first-order valence-corrected chi connectivity index (χ1v) is 6.29. The first-order valence-electron chi connectivity index (χ1n) is 4.58. The van der Waals surface area contributed by atoms with Crippen molar-refractivity contribution in [1.29, 1.82) is 0 Å². The molecule has 1 aromatic rings. The Hall–Kier alpha value is -1.10. The first-order chi connectivity index (χ1) is 6.81. The minimum atomic E-state index is -3.21. The molecule has 0 atom stereocenters. The maximum atomic E-state index is 12.9. The molecule has 0 saturated carbocycles. The van der Waals surface area contributed by atoms with Crippen molar-refractivity contribution in [2.45, 2.75) is 24.9 Å². The Labute approximate surface area is 89.0 Å². The number of halogens is 1. The van der Waals surface area contributed by atoms with E-state index in [9.17, 15) is 12.8 Å². The van der Waals surface area contributed by atoms with E-state index in [0.29, 0.717) is 5.56 Å². The standard InChI is InChI=1S/C10H14FNO2S/c1-7(2)15(13,14)6-8-3-9(11)5-10(12)4-8/h3-5,7H,6,12H2,1-2H3. The molecular weight excluding hydrogens is 217 g/mol. The normalized spacial score (nSPS) is 12.0. The molecule has 2 N–H and O–H groups in total. The lowest BCUT2D eigenvalue weighted by atomic mass is 10.2. The van der Waals surface area contributed by atoms with Gasteiger partial charge in [0.05, 0.1) is 11.0 Å². The van der Waals surface area contributed by atoms with Crippen molar-refractivity contribution in [1.82, 2.24) is 0 Å². The second-order valence-electron chi connectivity index (χ2n) is 3.75. The summed E-state index contributed by atoms with van der Waals surface area (Å²) < 4.78 is 36.0. The predicted molar refractivity (Wildman–Crippen MR) is 58.6 cm³/mol. The lowest BCUT2D eigenvalue weighted by Gasteiger charge is -2.08. The Morgan fingerprint density at radius 1 is 1.33 bits per heavy atom. The molecule has 84 valence electrons. The summed E-state index contributed by atoms with van der Waals surface area (Å²) in [5.41, 5.74) is 6.05. The molecule has 0 aliphatic heterocycles. The largest absolute Gasteiger partial charge is 0.399 e. The van der Waals surface area contributed by atoms with E-state index in [-0.39, 0.29) is 11.4 Å². The molecule has 0 aliphatic carbocycles. The van der Waals surface area contributed by atoms with Gasteiger partial charge in [0.2, 0.25) is 0 Å². The van der Waals surface area contributed by atoms with E-state index in [2.05, 4.69) is 0 Å². The number of sulfone groups is 1. The fraction of sp³-hybridized carbons (Fsp3) is 0.400. The van der Waals surface area contributed by atoms with Gasteiger partial charge in [-0.15, -0.1) is 0 Å². The van der Waals surface area contributed by atoms with Gasteiger partial charge in [0.25, 0.3) is 0 Å². The van der Waals surface area contributed by atoms with E-state index in [1.807, 2.05) is 0 Å². The van der Waals surface area contributed by atoms with Gasteiger partial charge in [-0.3, -0.25) is 0 Å². The number of nitrogens with two attached hydrogens (primary N) is 1. The molecule has 1 rings (SSSR count). The lowest BCUT2D eigenvalue weighted by molar-refractivity contribution is 0.586. The highest BCUT2D eigenvalue weighted by molar-refractivity contribution is 7.91. The van der Waals surface area contributed by atoms with Gasteiger partial charge >= 0.3 is 0 Å². The highest BCUT2D eigenvalue weighted by atomic mass is 32.2. The molecular formula is C10H14FNO2S. The van der Waals surface area contributed by atoms with Gasteiger partial charge < -0.3 is 5.73 Å². The molecule has 0 aromatic heterocycles. The van der Waals surface area contributed by atoms with Gasteiger partial charge in [-0.05, 0) is 37.6 Å². The maximum Gasteiger partial charge on any atom is 0.156 e. The van der Waals surface area contributed by atoms with Crippen LogP contribution < -0.4 is 5.73 Å². The number of anilines is 1. The summed E-state index contributed by atoms with van der Waals surface area (Å²) in [4.78, 5) is 0. The summed E-state index contributed by atoms with van der Waals surface area (Å²) in [7, 11) is -3.21. The molecule has 0 radical (unpaired) electrons. The monoisotopic (exact) mass is 231 g/mol. The van der Waals surface area contributed by atoms with Gasteiger partial charge in [0, 0.05) is 5.69 Å². The Bertz CT molecular complexity index is 434. The average Bonchev–Trinajstić information content (AvgIpc) is 1.99. The van der Waals surface area contributed by atoms with E-state index in [4.69, 9.17) is 5.73 Å². The van der Waals surface area contributed by atoms with E-state index in [1.54, 1.807) is 13.8 Å². The molecule has 0 unspecified atom stereocenters. The Morgan fingerprint density at radius 2 is 1.93 bits per heavy atom. The lowest BCUT2D eigenvalue weighted by Crippen LogP contribution is -2.16. The zero-order valence-corrected chi connectivity index (χ0v) is 9.51. The van der Waals surface area contributed by atoms with Crippen LogP contribution in [0.2, 0.25) is 0 Å². The SMILES string of the molecule is CC(C)S(=O)(=O)Cc1cc(N)cc(F)c1. The van der Waals surface area contributed by atoms with Crippen molar-refractivity contribution in [2.24, 2.45) is 0 Å². The van der Waals surface area contributed by atoms with E-state index < -0.39 is 20.9 Å². The molecule has 0 heterocycles. The fourth-order valence-electron chi connectivity index (χ4n) is 1.16. The first kappa shape index (κ1) is 12.0. The quantitative estimate of drug-likeness (QED) is 0.806. The molecule has 0 spiro atoms. The van der Waals surface area contributed by atoms with Crippen molar-refractivity contribution in [3.63, 3.8) is 0 Å². The number of hydrogen-bond donors (Lipinski definition) is 1. The van der Waals surface area contributed by atoms with Crippen LogP contribution in [0.3, 0.4) is 0 Å². The molecule has 5 heteroatoms. The van der Waals surface area contributed by atoms with Crippen LogP contribution in [0.5, 0.6) is 0 Å². The third-order valence-electron chi connectivity index (χ3n) is 2.07. The highest BCUT2D eigenvalue weighted by Crippen LogP contribution is 2.15. The van der Waals surface area contributed by atoms with Crippen LogP contribution in [-0.4, -0.2) is 13.7 Å². The average molecular weight is 231 g/mol. The number of benzene rings is 1. The number of nitrogen functional groups attached to an aromatic ring is 1. The zero-order valence-electron chi connectivity index (χ0n) is 8.70. The summed E-state index contributed by atoms with van der Waals surface area (Å²) in [6.07, 6.45) is 0. The van der Waals surface area contributed by atoms with Crippen LogP contribution in [-0.2, 0) is 15.6 Å². The minimum Gasteiger partial charge on any atom is -0.399 e. The summed E-state index contributed by atoms with van der Waals surface area (Å²) in [5, 5.41) is -0.470. The van der Waals surface area contributed by atoms with E-state index in [1.165, 1.54) is 12.1 Å². The smallest absolute Gasteiger partial charge is 0.156 e. The van der Waals surface area contributed by atoms with E-state index >= 15 is 0 Å². The van der Waals surface area contributed by atoms with Crippen LogP contribution in [0.15, 0.2) is 18.2 Å². The van der Waals surface area contributed by atoms with Crippen molar-refractivity contribution >= 4 is 15.5 Å². The predicted octanol–water partition coefficient (Wildman–Crippen LogP) is 1.73. The molecule has 0 amide bonds. The van der Waals surface area contributed by atoms with Crippen LogP contribution in [0.4, 0.5) is 10.1 Å². The topological polar surface area (TPSA) is 60.2 Å². The van der Waals surface area contributed by atoms with Crippen molar-refractivity contribution in [3.05, 3.63) is 29.6 Å². The van der Waals surface area contributed by atoms with Crippen LogP contribution >= 0.6 is 0 Å². The van der Waals surface area contributed by atoms with Crippen LogP contribution in [0.25, 0.3) is 0 Å². The molecule has 0 bridgehead atoms. The Morgan fingerprint density at radius 3 is 2.40 bits per heavy atom. The fourth-order valence-corrected chi connectivity index (χ4v) is 2.12. The maximum absolute atomic E-state index is 12.9. The van der Waals surface area contributed by atoms with Crippen LogP contribution in [0.1, 0.15) is 19.4 Å². The highest BCUT2D eigenvalue weighted by Gasteiger charge is 2.17. The minimum absolute atomic E-state index is 0.174. The van der Waals surface area contributed by atoms with Gasteiger partial charge in [-0.1, -0.05) is 0 Å². The van der Waals surface area contributed by atoms with E-state index in [0.717, 1.165) is 6.07 Å². The van der Waals surface area contributed by atoms with Crippen molar-refractivity contribution < 1.29 is 12.8 Å². The zero-order chi connectivity index (χ0) is 11.6. The summed E-state index contributed by atoms with van der Waals surface area (Å²) in [6, 6.07) is 3.82. The number of hydrogen-bond acceptors (Lipinski definition) is 3. The third-order valence-corrected chi connectivity index (χ3v) is 4.24. The van der Waals surface area contributed by atoms with Gasteiger partial charge in [-0.25, -0.2) is 12.8 Å². The third kappa shape index (κ3) is 3.20. The summed E-state index contributed by atoms with van der Waals surface area (Å²) >= 11 is 0. The molecule has 3 nitrogen and oxygen atoms in total. The Kier molecular flexibility index (Phi) is 3.34. The van der Waals surface area contributed by atoms with Gasteiger partial charge in [0.15, 0.2) is 9.84 Å². The second kappa shape index (κ2) is 4.18. The van der Waals surface area contributed by atoms with Crippen LogP contribution in [0, 0.1) is 5.82 Å². The summed E-state index contributed by atoms with van der Waals surface area (Å²) in [5.74, 6) is -0.684. The van der Waals surface area contributed by atoms with Crippen molar-refractivity contribution in [2.75, 3.05) is 5.73 Å². The summed E-state index contributed by atoms with van der Waals surface area (Å²) in [6.45, 7) is 3.19.